The monoisotopic (exact) mass is 364 g/mol. The van der Waals surface area contributed by atoms with Gasteiger partial charge in [0.1, 0.15) is 0 Å². The number of aryl methyl sites for hydroxylation is 1. The van der Waals surface area contributed by atoms with Gasteiger partial charge < -0.3 is 0 Å². The second-order valence-corrected chi connectivity index (χ2v) is 2.89. The topological polar surface area (TPSA) is 17.8 Å². The van der Waals surface area contributed by atoms with Crippen LogP contribution in [0, 0.1) is 6.07 Å². The van der Waals surface area contributed by atoms with Crippen LogP contribution in [0.25, 0.3) is 5.69 Å². The fraction of sp³-hybridized carbons (Fsp3) is 0.182. The van der Waals surface area contributed by atoms with Gasteiger partial charge in [-0.15, -0.1) is 6.07 Å². The van der Waals surface area contributed by atoms with Crippen molar-refractivity contribution in [1.29, 1.82) is 0 Å². The molecule has 0 aliphatic rings. The van der Waals surface area contributed by atoms with E-state index in [1.807, 2.05) is 41.3 Å². The zero-order valence-corrected chi connectivity index (χ0v) is 10.3. The molecule has 0 bridgehead atoms. The van der Waals surface area contributed by atoms with Gasteiger partial charge >= 0.3 is 0 Å². The third-order valence-corrected chi connectivity index (χ3v) is 1.98. The van der Waals surface area contributed by atoms with Gasteiger partial charge in [0, 0.05) is 26.3 Å². The molecule has 2 rings (SSSR count). The van der Waals surface area contributed by atoms with E-state index in [-0.39, 0.29) is 20.1 Å². The van der Waals surface area contributed by atoms with E-state index < -0.39 is 0 Å². The average Bonchev–Trinajstić information content (AvgIpc) is 2.67. The molecule has 75 valence electrons. The van der Waals surface area contributed by atoms with Crippen molar-refractivity contribution >= 4 is 0 Å². The van der Waals surface area contributed by atoms with Gasteiger partial charge in [-0.1, -0.05) is 6.92 Å². The Kier molecular flexibility index (Phi) is 4.05. The molecule has 2 aromatic rings. The average molecular weight is 363 g/mol. The van der Waals surface area contributed by atoms with E-state index >= 15 is 0 Å². The summed E-state index contributed by atoms with van der Waals surface area (Å²) < 4.78 is 1.85. The van der Waals surface area contributed by atoms with E-state index in [1.54, 1.807) is 0 Å². The third-order valence-electron chi connectivity index (χ3n) is 1.98. The van der Waals surface area contributed by atoms with Gasteiger partial charge in [-0.3, -0.25) is 4.68 Å². The van der Waals surface area contributed by atoms with Gasteiger partial charge in [-0.25, -0.2) is 0 Å². The van der Waals surface area contributed by atoms with Crippen LogP contribution in [0.1, 0.15) is 12.5 Å². The summed E-state index contributed by atoms with van der Waals surface area (Å²) >= 11 is 0. The number of para-hydroxylation sites is 1. The molecule has 1 aromatic carbocycles. The van der Waals surface area contributed by atoms with Gasteiger partial charge in [0.25, 0.3) is 0 Å². The fourth-order valence-electron chi connectivity index (χ4n) is 1.20. The van der Waals surface area contributed by atoms with Crippen molar-refractivity contribution in [2.24, 2.45) is 0 Å². The van der Waals surface area contributed by atoms with Crippen LogP contribution in [0.15, 0.2) is 36.7 Å². The number of aromatic nitrogens is 2. The Morgan fingerprint density at radius 2 is 2.29 bits per heavy atom. The van der Waals surface area contributed by atoms with Gasteiger partial charge in [0.2, 0.25) is 0 Å². The Bertz CT molecular complexity index is 381. The van der Waals surface area contributed by atoms with Crippen LogP contribution < -0.4 is 0 Å². The van der Waals surface area contributed by atoms with Crippen molar-refractivity contribution in [3.8, 4) is 5.69 Å². The Balaban J connectivity index is 0.000000980. The predicted molar refractivity (Wildman–Crippen MR) is 51.8 cm³/mol. The molecule has 1 radical (unpaired) electrons. The molecule has 0 unspecified atom stereocenters. The van der Waals surface area contributed by atoms with E-state index in [0.29, 0.717) is 0 Å². The second kappa shape index (κ2) is 5.08. The summed E-state index contributed by atoms with van der Waals surface area (Å²) in [5, 5.41) is 4.24. The first kappa shape index (κ1) is 11.2. The number of hydrogen-bond acceptors (Lipinski definition) is 1. The molecule has 0 aliphatic heterocycles. The predicted octanol–water partition coefficient (Wildman–Crippen LogP) is 2.23. The van der Waals surface area contributed by atoms with Crippen LogP contribution in [0.4, 0.5) is 0 Å². The molecule has 0 amide bonds. The third kappa shape index (κ3) is 2.31. The minimum Gasteiger partial charge on any atom is -0.265 e. The summed E-state index contributed by atoms with van der Waals surface area (Å²) in [5.41, 5.74) is 2.24. The fourth-order valence-corrected chi connectivity index (χ4v) is 1.20. The number of hydrogen-bond donors (Lipinski definition) is 0. The van der Waals surface area contributed by atoms with Crippen molar-refractivity contribution in [3.63, 3.8) is 0 Å². The Labute approximate surface area is 97.3 Å². The number of benzene rings is 1. The van der Waals surface area contributed by atoms with Crippen molar-refractivity contribution < 1.29 is 20.1 Å². The molecular formula is C11H11IrN2-. The molecule has 0 atom stereocenters. The molecule has 0 N–H and O–H groups in total. The molecule has 3 heteroatoms. The summed E-state index contributed by atoms with van der Waals surface area (Å²) in [6.07, 6.45) is 4.94. The maximum absolute atomic E-state index is 4.24. The van der Waals surface area contributed by atoms with Crippen LogP contribution in [-0.4, -0.2) is 9.78 Å². The summed E-state index contributed by atoms with van der Waals surface area (Å²) in [6.45, 7) is 2.12. The summed E-state index contributed by atoms with van der Waals surface area (Å²) in [7, 11) is 0. The Morgan fingerprint density at radius 1 is 1.43 bits per heavy atom. The van der Waals surface area contributed by atoms with Crippen LogP contribution in [-0.2, 0) is 26.5 Å². The molecule has 1 heterocycles. The first-order valence-electron chi connectivity index (χ1n) is 4.41. The van der Waals surface area contributed by atoms with Crippen molar-refractivity contribution in [1.82, 2.24) is 9.78 Å². The van der Waals surface area contributed by atoms with Crippen LogP contribution >= 0.6 is 0 Å². The van der Waals surface area contributed by atoms with Crippen molar-refractivity contribution in [2.75, 3.05) is 0 Å². The van der Waals surface area contributed by atoms with Gasteiger partial charge in [-0.2, -0.15) is 29.4 Å². The number of rotatable bonds is 2. The maximum Gasteiger partial charge on any atom is 0.0525 e. The minimum atomic E-state index is 0. The van der Waals surface area contributed by atoms with Gasteiger partial charge in [0.15, 0.2) is 0 Å². The molecule has 14 heavy (non-hydrogen) atoms. The molecular weight excluding hydrogens is 352 g/mol. The standard InChI is InChI=1S/C11H11N2.Ir/c1-2-10-8-12-13(9-10)11-6-4-3-5-7-11;/h3-6,8-9H,2H2,1H3;/q-1;. The molecule has 0 saturated carbocycles. The largest absolute Gasteiger partial charge is 0.265 e. The smallest absolute Gasteiger partial charge is 0.0525 e. The van der Waals surface area contributed by atoms with E-state index in [2.05, 4.69) is 18.1 Å². The summed E-state index contributed by atoms with van der Waals surface area (Å²) in [4.78, 5) is 0. The first-order chi connectivity index (χ1) is 6.40. The van der Waals surface area contributed by atoms with Crippen molar-refractivity contribution in [2.45, 2.75) is 13.3 Å². The molecule has 0 saturated heterocycles. The van der Waals surface area contributed by atoms with Crippen molar-refractivity contribution in [3.05, 3.63) is 48.3 Å². The molecule has 2 nitrogen and oxygen atoms in total. The molecule has 0 spiro atoms. The summed E-state index contributed by atoms with van der Waals surface area (Å²) in [6, 6.07) is 10.9. The van der Waals surface area contributed by atoms with Gasteiger partial charge in [-0.05, 0) is 17.7 Å². The summed E-state index contributed by atoms with van der Waals surface area (Å²) in [5.74, 6) is 0. The van der Waals surface area contributed by atoms with Crippen LogP contribution in [0.5, 0.6) is 0 Å². The Hall–Kier alpha value is -0.921. The van der Waals surface area contributed by atoms with E-state index in [0.717, 1.165) is 12.1 Å². The molecule has 0 aliphatic carbocycles. The minimum absolute atomic E-state index is 0. The zero-order valence-electron chi connectivity index (χ0n) is 7.90. The zero-order chi connectivity index (χ0) is 9.10. The van der Waals surface area contributed by atoms with Gasteiger partial charge in [0.05, 0.1) is 6.20 Å². The van der Waals surface area contributed by atoms with E-state index in [1.165, 1.54) is 5.56 Å². The first-order valence-corrected chi connectivity index (χ1v) is 4.41. The number of nitrogens with zero attached hydrogens (tertiary/aromatic N) is 2. The maximum atomic E-state index is 4.24. The van der Waals surface area contributed by atoms with E-state index in [4.69, 9.17) is 0 Å². The quantitative estimate of drug-likeness (QED) is 0.749. The second-order valence-electron chi connectivity index (χ2n) is 2.89. The van der Waals surface area contributed by atoms with Crippen LogP contribution in [0.2, 0.25) is 0 Å². The normalized spacial score (nSPS) is 9.50. The molecule has 0 fully saturated rings. The Morgan fingerprint density at radius 3 is 2.86 bits per heavy atom. The SMILES string of the molecule is CCc1cnn(-c2[c-]cccc2)c1.[Ir]. The molecule has 1 aromatic heterocycles. The van der Waals surface area contributed by atoms with E-state index in [9.17, 15) is 0 Å². The van der Waals surface area contributed by atoms with Crippen LogP contribution in [0.3, 0.4) is 0 Å².